The number of nitrogen functional groups attached to an aromatic ring is 1. The molecule has 1 aromatic carbocycles. The molecule has 0 aliphatic carbocycles. The number of amides is 2. The second-order valence-corrected chi connectivity index (χ2v) is 7.93. The Balaban J connectivity index is 2.02. The summed E-state index contributed by atoms with van der Waals surface area (Å²) >= 11 is 0. The van der Waals surface area contributed by atoms with Gasteiger partial charge in [0, 0.05) is 24.3 Å². The van der Waals surface area contributed by atoms with Gasteiger partial charge in [-0.15, -0.1) is 0 Å². The van der Waals surface area contributed by atoms with Crippen molar-refractivity contribution in [2.45, 2.75) is 51.3 Å². The van der Waals surface area contributed by atoms with Crippen molar-refractivity contribution < 1.29 is 27.5 Å². The van der Waals surface area contributed by atoms with Crippen LogP contribution in [-0.4, -0.2) is 48.3 Å². The average Bonchev–Trinajstić information content (AvgIpc) is 2.57. The Hall–Kier alpha value is -2.45. The number of carbonyl (C=O) groups excluding carboxylic acids is 2. The zero-order chi connectivity index (χ0) is 21.1. The third kappa shape index (κ3) is 6.61. The van der Waals surface area contributed by atoms with E-state index in [2.05, 4.69) is 0 Å². The highest BCUT2D eigenvalue weighted by molar-refractivity contribution is 5.95. The average molecular weight is 401 g/mol. The number of nitrogens with one attached hydrogen (secondary N) is 1. The maximum Gasteiger partial charge on any atom is 0.410 e. The molecule has 1 fully saturated rings. The van der Waals surface area contributed by atoms with Crippen molar-refractivity contribution in [1.82, 2.24) is 10.2 Å². The lowest BCUT2D eigenvalue weighted by molar-refractivity contribution is -0.123. The first kappa shape index (κ1) is 21.8. The molecule has 156 valence electrons. The van der Waals surface area contributed by atoms with E-state index in [9.17, 15) is 22.8 Å². The second-order valence-electron chi connectivity index (χ2n) is 7.93. The number of benzene rings is 1. The molecule has 0 atom stereocenters. The first-order chi connectivity index (χ1) is 12.8. The normalized spacial score (nSPS) is 16.0. The van der Waals surface area contributed by atoms with E-state index >= 15 is 0 Å². The molecule has 1 aliphatic rings. The molecule has 0 spiro atoms. The lowest BCUT2D eigenvalue weighted by Crippen LogP contribution is -2.41. The topological polar surface area (TPSA) is 84.7 Å². The molecular formula is C19H26F3N3O3. The molecule has 1 aliphatic heterocycles. The van der Waals surface area contributed by atoms with Crippen molar-refractivity contribution in [2.24, 2.45) is 0 Å². The van der Waals surface area contributed by atoms with E-state index in [1.807, 2.05) is 5.32 Å². The number of anilines is 1. The summed E-state index contributed by atoms with van der Waals surface area (Å²) in [6, 6.07) is 4.63. The maximum atomic E-state index is 12.3. The Morgan fingerprint density at radius 1 is 1.18 bits per heavy atom. The number of halogens is 3. The van der Waals surface area contributed by atoms with Gasteiger partial charge in [0.15, 0.2) is 0 Å². The van der Waals surface area contributed by atoms with Crippen molar-refractivity contribution in [3.05, 3.63) is 29.3 Å². The molecule has 2 amide bonds. The summed E-state index contributed by atoms with van der Waals surface area (Å²) in [4.78, 5) is 25.8. The van der Waals surface area contributed by atoms with Crippen LogP contribution in [0.3, 0.4) is 0 Å². The summed E-state index contributed by atoms with van der Waals surface area (Å²) < 4.78 is 42.3. The Bertz CT molecular complexity index is 721. The van der Waals surface area contributed by atoms with E-state index in [-0.39, 0.29) is 17.6 Å². The van der Waals surface area contributed by atoms with E-state index in [0.29, 0.717) is 31.6 Å². The number of hydrogen-bond donors (Lipinski definition) is 2. The van der Waals surface area contributed by atoms with Crippen molar-refractivity contribution >= 4 is 17.7 Å². The molecule has 28 heavy (non-hydrogen) atoms. The van der Waals surface area contributed by atoms with Gasteiger partial charge in [-0.1, -0.05) is 0 Å². The second kappa shape index (κ2) is 8.28. The number of carbonyl (C=O) groups is 2. The fourth-order valence-electron chi connectivity index (χ4n) is 3.05. The smallest absolute Gasteiger partial charge is 0.410 e. The standard InChI is InChI=1S/C19H26F3N3O3/c1-18(2,3)28-17(27)25-6-4-12(5-7-25)13-8-14(10-15(23)9-13)16(26)24-11-19(20,21)22/h8-10,12H,4-7,11,23H2,1-3H3,(H,24,26). The molecule has 1 aromatic rings. The van der Waals surface area contributed by atoms with Crippen LogP contribution in [0.5, 0.6) is 0 Å². The van der Waals surface area contributed by atoms with E-state index in [1.165, 1.54) is 6.07 Å². The van der Waals surface area contributed by atoms with Crippen LogP contribution in [0, 0.1) is 0 Å². The third-order valence-electron chi connectivity index (χ3n) is 4.31. The molecule has 0 bridgehead atoms. The van der Waals surface area contributed by atoms with Gasteiger partial charge in [-0.05, 0) is 63.3 Å². The quantitative estimate of drug-likeness (QED) is 0.757. The predicted octanol–water partition coefficient (Wildman–Crippen LogP) is 3.68. The van der Waals surface area contributed by atoms with Crippen LogP contribution >= 0.6 is 0 Å². The zero-order valence-corrected chi connectivity index (χ0v) is 16.2. The lowest BCUT2D eigenvalue weighted by Gasteiger charge is -2.33. The van der Waals surface area contributed by atoms with Crippen LogP contribution in [0.2, 0.25) is 0 Å². The lowest BCUT2D eigenvalue weighted by atomic mass is 9.88. The third-order valence-corrected chi connectivity index (χ3v) is 4.31. The minimum atomic E-state index is -4.48. The number of piperidine rings is 1. The number of alkyl halides is 3. The van der Waals surface area contributed by atoms with Gasteiger partial charge in [0.2, 0.25) is 0 Å². The Labute approximate surface area is 162 Å². The monoisotopic (exact) mass is 401 g/mol. The molecule has 1 saturated heterocycles. The SMILES string of the molecule is CC(C)(C)OC(=O)N1CCC(c2cc(N)cc(C(=O)NCC(F)(F)F)c2)CC1. The van der Waals surface area contributed by atoms with Gasteiger partial charge in [0.05, 0.1) is 0 Å². The minimum Gasteiger partial charge on any atom is -0.444 e. The van der Waals surface area contributed by atoms with E-state index < -0.39 is 24.2 Å². The predicted molar refractivity (Wildman–Crippen MR) is 99.0 cm³/mol. The molecule has 6 nitrogen and oxygen atoms in total. The summed E-state index contributed by atoms with van der Waals surface area (Å²) in [5, 5.41) is 1.85. The van der Waals surface area contributed by atoms with Crippen LogP contribution in [0.15, 0.2) is 18.2 Å². The zero-order valence-electron chi connectivity index (χ0n) is 16.2. The first-order valence-corrected chi connectivity index (χ1v) is 9.07. The highest BCUT2D eigenvalue weighted by Crippen LogP contribution is 2.30. The summed E-state index contributed by atoms with van der Waals surface area (Å²) in [6.45, 7) is 4.99. The maximum absolute atomic E-state index is 12.3. The van der Waals surface area contributed by atoms with Gasteiger partial charge in [-0.3, -0.25) is 4.79 Å². The van der Waals surface area contributed by atoms with E-state index in [4.69, 9.17) is 10.5 Å². The number of rotatable bonds is 3. The minimum absolute atomic E-state index is 0.0522. The molecule has 0 saturated carbocycles. The van der Waals surface area contributed by atoms with Crippen molar-refractivity contribution in [2.75, 3.05) is 25.4 Å². The van der Waals surface area contributed by atoms with Crippen LogP contribution in [0.1, 0.15) is 55.5 Å². The Morgan fingerprint density at radius 2 is 1.79 bits per heavy atom. The number of nitrogens with two attached hydrogens (primary N) is 1. The largest absolute Gasteiger partial charge is 0.444 e. The molecule has 9 heteroatoms. The molecule has 0 unspecified atom stereocenters. The van der Waals surface area contributed by atoms with Gasteiger partial charge >= 0.3 is 12.3 Å². The Kier molecular flexibility index (Phi) is 6.46. The van der Waals surface area contributed by atoms with Gasteiger partial charge in [-0.25, -0.2) is 4.79 Å². The van der Waals surface area contributed by atoms with Crippen molar-refractivity contribution in [1.29, 1.82) is 0 Å². The fourth-order valence-corrected chi connectivity index (χ4v) is 3.05. The summed E-state index contributed by atoms with van der Waals surface area (Å²) in [7, 11) is 0. The summed E-state index contributed by atoms with van der Waals surface area (Å²) in [6.07, 6.45) is -3.56. The number of ether oxygens (including phenoxy) is 1. The highest BCUT2D eigenvalue weighted by atomic mass is 19.4. The number of likely N-dealkylation sites (tertiary alicyclic amines) is 1. The molecule has 2 rings (SSSR count). The number of hydrogen-bond acceptors (Lipinski definition) is 4. The van der Waals surface area contributed by atoms with Gasteiger partial charge in [-0.2, -0.15) is 13.2 Å². The molecular weight excluding hydrogens is 375 g/mol. The van der Waals surface area contributed by atoms with Gasteiger partial charge in [0.1, 0.15) is 12.1 Å². The molecule has 0 radical (unpaired) electrons. The molecule has 0 aromatic heterocycles. The van der Waals surface area contributed by atoms with E-state index in [1.54, 1.807) is 37.8 Å². The van der Waals surface area contributed by atoms with Crippen LogP contribution in [0.25, 0.3) is 0 Å². The van der Waals surface area contributed by atoms with Gasteiger partial charge in [0.25, 0.3) is 5.91 Å². The van der Waals surface area contributed by atoms with Gasteiger partial charge < -0.3 is 20.7 Å². The van der Waals surface area contributed by atoms with Crippen LogP contribution in [-0.2, 0) is 4.74 Å². The van der Waals surface area contributed by atoms with Crippen LogP contribution in [0.4, 0.5) is 23.7 Å². The molecule has 3 N–H and O–H groups in total. The van der Waals surface area contributed by atoms with Crippen LogP contribution < -0.4 is 11.1 Å². The number of nitrogens with zero attached hydrogens (tertiary/aromatic N) is 1. The fraction of sp³-hybridized carbons (Fsp3) is 0.579. The van der Waals surface area contributed by atoms with E-state index in [0.717, 1.165) is 5.56 Å². The Morgan fingerprint density at radius 3 is 2.32 bits per heavy atom. The van der Waals surface area contributed by atoms with Crippen molar-refractivity contribution in [3.8, 4) is 0 Å². The summed E-state index contributed by atoms with van der Waals surface area (Å²) in [5.41, 5.74) is 6.45. The highest BCUT2D eigenvalue weighted by Gasteiger charge is 2.29. The molecule has 1 heterocycles. The van der Waals surface area contributed by atoms with Crippen molar-refractivity contribution in [3.63, 3.8) is 0 Å². The first-order valence-electron chi connectivity index (χ1n) is 9.07. The summed E-state index contributed by atoms with van der Waals surface area (Å²) in [5.74, 6) is -0.770.